The zero-order chi connectivity index (χ0) is 15.1. The fourth-order valence-electron chi connectivity index (χ4n) is 1.69. The average molecular weight is 280 g/mol. The molecule has 0 aliphatic rings. The summed E-state index contributed by atoms with van der Waals surface area (Å²) in [6.45, 7) is 3.66. The number of anilines is 1. The molecule has 2 atom stereocenters. The van der Waals surface area contributed by atoms with Crippen LogP contribution in [0.25, 0.3) is 0 Å². The molecule has 0 saturated carbocycles. The van der Waals surface area contributed by atoms with Gasteiger partial charge in [0.25, 0.3) is 0 Å². The van der Waals surface area contributed by atoms with Crippen molar-refractivity contribution in [3.63, 3.8) is 0 Å². The molecule has 0 unspecified atom stereocenters. The van der Waals surface area contributed by atoms with E-state index in [1.807, 2.05) is 6.92 Å². The molecule has 0 bridgehead atoms. The normalized spacial score (nSPS) is 13.2. The number of carboxylic acids is 1. The van der Waals surface area contributed by atoms with Crippen LogP contribution in [0.2, 0.25) is 0 Å². The summed E-state index contributed by atoms with van der Waals surface area (Å²) in [4.78, 5) is 22.9. The van der Waals surface area contributed by atoms with Crippen LogP contribution < -0.4 is 15.4 Å². The maximum Gasteiger partial charge on any atom is 0.326 e. The minimum absolute atomic E-state index is 0.149. The fraction of sp³-hybridized carbons (Fsp3) is 0.429. The first-order valence-electron chi connectivity index (χ1n) is 6.42. The number of aliphatic carboxylic acids is 1. The first kappa shape index (κ1) is 15.8. The summed E-state index contributed by atoms with van der Waals surface area (Å²) in [7, 11) is 1.53. The maximum absolute atomic E-state index is 11.8. The van der Waals surface area contributed by atoms with E-state index < -0.39 is 18.0 Å². The molecule has 0 aliphatic carbocycles. The molecule has 110 valence electrons. The van der Waals surface area contributed by atoms with Gasteiger partial charge in [-0.15, -0.1) is 0 Å². The summed E-state index contributed by atoms with van der Waals surface area (Å²) in [6, 6.07) is 5.37. The van der Waals surface area contributed by atoms with Crippen molar-refractivity contribution in [2.45, 2.75) is 26.3 Å². The Hall–Kier alpha value is -2.24. The number of urea groups is 1. The van der Waals surface area contributed by atoms with Gasteiger partial charge in [-0.2, -0.15) is 0 Å². The molecule has 0 heterocycles. The number of amides is 2. The van der Waals surface area contributed by atoms with Gasteiger partial charge in [-0.05, 0) is 18.1 Å². The predicted molar refractivity (Wildman–Crippen MR) is 76.0 cm³/mol. The lowest BCUT2D eigenvalue weighted by molar-refractivity contribution is -0.140. The zero-order valence-electron chi connectivity index (χ0n) is 11.8. The van der Waals surface area contributed by atoms with Crippen LogP contribution in [-0.2, 0) is 4.79 Å². The molecule has 1 rings (SSSR count). The van der Waals surface area contributed by atoms with E-state index in [9.17, 15) is 9.59 Å². The molecule has 0 fully saturated rings. The number of ether oxygens (including phenoxy) is 1. The van der Waals surface area contributed by atoms with Crippen molar-refractivity contribution < 1.29 is 19.4 Å². The van der Waals surface area contributed by atoms with Crippen LogP contribution in [0.4, 0.5) is 10.5 Å². The van der Waals surface area contributed by atoms with Gasteiger partial charge >= 0.3 is 12.0 Å². The Morgan fingerprint density at radius 1 is 1.40 bits per heavy atom. The lowest BCUT2D eigenvalue weighted by atomic mass is 9.99. The monoisotopic (exact) mass is 280 g/mol. The summed E-state index contributed by atoms with van der Waals surface area (Å²) in [6.07, 6.45) is 0.663. The largest absolute Gasteiger partial charge is 0.497 e. The third-order valence-electron chi connectivity index (χ3n) is 3.09. The quantitative estimate of drug-likeness (QED) is 0.746. The smallest absolute Gasteiger partial charge is 0.326 e. The molecule has 6 nitrogen and oxygen atoms in total. The van der Waals surface area contributed by atoms with E-state index in [-0.39, 0.29) is 5.92 Å². The molecule has 1 aromatic carbocycles. The number of methoxy groups -OCH3 is 1. The summed E-state index contributed by atoms with van der Waals surface area (Å²) in [5.74, 6) is -0.580. The van der Waals surface area contributed by atoms with Gasteiger partial charge in [0.15, 0.2) is 0 Å². The van der Waals surface area contributed by atoms with E-state index in [1.165, 1.54) is 7.11 Å². The number of hydrogen-bond donors (Lipinski definition) is 3. The zero-order valence-corrected chi connectivity index (χ0v) is 11.8. The van der Waals surface area contributed by atoms with Crippen LogP contribution in [-0.4, -0.2) is 30.3 Å². The Labute approximate surface area is 118 Å². The second-order valence-corrected chi connectivity index (χ2v) is 4.53. The molecular formula is C14H20N2O4. The first-order valence-corrected chi connectivity index (χ1v) is 6.42. The molecule has 0 aromatic heterocycles. The third-order valence-corrected chi connectivity index (χ3v) is 3.09. The van der Waals surface area contributed by atoms with Gasteiger partial charge < -0.3 is 20.5 Å². The Bertz CT molecular complexity index is 476. The molecule has 3 N–H and O–H groups in total. The van der Waals surface area contributed by atoms with Crippen LogP contribution in [0.3, 0.4) is 0 Å². The minimum atomic E-state index is -1.04. The van der Waals surface area contributed by atoms with Gasteiger partial charge in [0, 0.05) is 11.8 Å². The Balaban J connectivity index is 2.68. The first-order chi connectivity index (χ1) is 9.47. The Kier molecular flexibility index (Phi) is 5.83. The summed E-state index contributed by atoms with van der Waals surface area (Å²) in [5.41, 5.74) is 0.537. The highest BCUT2D eigenvalue weighted by Crippen LogP contribution is 2.16. The van der Waals surface area contributed by atoms with Crippen molar-refractivity contribution in [1.82, 2.24) is 5.32 Å². The van der Waals surface area contributed by atoms with Crippen LogP contribution in [0.1, 0.15) is 20.3 Å². The summed E-state index contributed by atoms with van der Waals surface area (Å²) in [5, 5.41) is 14.2. The molecule has 0 radical (unpaired) electrons. The number of nitrogens with one attached hydrogen (secondary N) is 2. The van der Waals surface area contributed by atoms with Gasteiger partial charge in [0.1, 0.15) is 11.8 Å². The third kappa shape index (κ3) is 4.46. The van der Waals surface area contributed by atoms with Gasteiger partial charge in [0.2, 0.25) is 0 Å². The van der Waals surface area contributed by atoms with Crippen molar-refractivity contribution in [2.75, 3.05) is 12.4 Å². The van der Waals surface area contributed by atoms with Gasteiger partial charge in [-0.1, -0.05) is 26.3 Å². The number of carboxylic acid groups (broad SMARTS) is 1. The Morgan fingerprint density at radius 3 is 2.65 bits per heavy atom. The van der Waals surface area contributed by atoms with E-state index in [4.69, 9.17) is 9.84 Å². The van der Waals surface area contributed by atoms with Gasteiger partial charge in [0.05, 0.1) is 7.11 Å². The summed E-state index contributed by atoms with van der Waals surface area (Å²) >= 11 is 0. The second-order valence-electron chi connectivity index (χ2n) is 4.53. The number of carbonyl (C=O) groups is 2. The number of hydrogen-bond acceptors (Lipinski definition) is 3. The van der Waals surface area contributed by atoms with Crippen molar-refractivity contribution in [3.05, 3.63) is 24.3 Å². The number of benzene rings is 1. The SMILES string of the molecule is CC[C@@H](C)[C@@H](NC(=O)Nc1cccc(OC)c1)C(=O)O. The maximum atomic E-state index is 11.8. The molecule has 1 aromatic rings. The second kappa shape index (κ2) is 7.37. The molecule has 0 saturated heterocycles. The molecule has 20 heavy (non-hydrogen) atoms. The molecule has 0 aliphatic heterocycles. The number of rotatable bonds is 6. The van der Waals surface area contributed by atoms with Crippen LogP contribution >= 0.6 is 0 Å². The predicted octanol–water partition coefficient (Wildman–Crippen LogP) is 2.32. The van der Waals surface area contributed by atoms with Gasteiger partial charge in [-0.25, -0.2) is 9.59 Å². The van der Waals surface area contributed by atoms with E-state index in [1.54, 1.807) is 31.2 Å². The molecule has 2 amide bonds. The highest BCUT2D eigenvalue weighted by atomic mass is 16.5. The van der Waals surface area contributed by atoms with E-state index >= 15 is 0 Å². The highest BCUT2D eigenvalue weighted by Gasteiger charge is 2.25. The van der Waals surface area contributed by atoms with Gasteiger partial charge in [-0.3, -0.25) is 0 Å². The van der Waals surface area contributed by atoms with Crippen molar-refractivity contribution in [2.24, 2.45) is 5.92 Å². The lowest BCUT2D eigenvalue weighted by Gasteiger charge is -2.20. The van der Waals surface area contributed by atoms with Crippen LogP contribution in [0.5, 0.6) is 5.75 Å². The standard InChI is InChI=1S/C14H20N2O4/c1-4-9(2)12(13(17)18)16-14(19)15-10-6-5-7-11(8-10)20-3/h5-9,12H,4H2,1-3H3,(H,17,18)(H2,15,16,19)/t9-,12-/m1/s1. The average Bonchev–Trinajstić information content (AvgIpc) is 2.43. The topological polar surface area (TPSA) is 87.7 Å². The lowest BCUT2D eigenvalue weighted by Crippen LogP contribution is -2.46. The molecule has 0 spiro atoms. The van der Waals surface area contributed by atoms with Crippen LogP contribution in [0, 0.1) is 5.92 Å². The van der Waals surface area contributed by atoms with Crippen LogP contribution in [0.15, 0.2) is 24.3 Å². The van der Waals surface area contributed by atoms with E-state index in [0.717, 1.165) is 0 Å². The number of carbonyl (C=O) groups excluding carboxylic acids is 1. The summed E-state index contributed by atoms with van der Waals surface area (Å²) < 4.78 is 5.05. The fourth-order valence-corrected chi connectivity index (χ4v) is 1.69. The van der Waals surface area contributed by atoms with Crippen molar-refractivity contribution in [3.8, 4) is 5.75 Å². The Morgan fingerprint density at radius 2 is 2.10 bits per heavy atom. The van der Waals surface area contributed by atoms with E-state index in [0.29, 0.717) is 17.9 Å². The van der Waals surface area contributed by atoms with Crippen molar-refractivity contribution in [1.29, 1.82) is 0 Å². The molecular weight excluding hydrogens is 260 g/mol. The molecule has 6 heteroatoms. The highest BCUT2D eigenvalue weighted by molar-refractivity contribution is 5.92. The van der Waals surface area contributed by atoms with E-state index in [2.05, 4.69) is 10.6 Å². The van der Waals surface area contributed by atoms with Crippen molar-refractivity contribution >= 4 is 17.7 Å². The minimum Gasteiger partial charge on any atom is -0.497 e.